The van der Waals surface area contributed by atoms with Crippen molar-refractivity contribution >= 4 is 11.7 Å². The van der Waals surface area contributed by atoms with E-state index in [0.717, 1.165) is 6.42 Å². The number of hydrogen-bond donors (Lipinski definition) is 0. The Bertz CT molecular complexity index is 826. The molecule has 0 radical (unpaired) electrons. The van der Waals surface area contributed by atoms with Gasteiger partial charge < -0.3 is 9.47 Å². The first-order valence-electron chi connectivity index (χ1n) is 9.17. The van der Waals surface area contributed by atoms with Crippen LogP contribution in [0.15, 0.2) is 24.5 Å². The maximum atomic E-state index is 11.7. The van der Waals surface area contributed by atoms with Crippen LogP contribution in [0.5, 0.6) is 5.75 Å². The molecule has 0 atom stereocenters. The first kappa shape index (κ1) is 21.3. The van der Waals surface area contributed by atoms with E-state index in [2.05, 4.69) is 10.1 Å². The molecule has 0 saturated heterocycles. The third kappa shape index (κ3) is 6.64. The van der Waals surface area contributed by atoms with Gasteiger partial charge in [-0.25, -0.2) is 9.67 Å². The first-order valence-corrected chi connectivity index (χ1v) is 9.17. The van der Waals surface area contributed by atoms with E-state index in [9.17, 15) is 14.9 Å². The number of ether oxygens (including phenoxy) is 2. The highest BCUT2D eigenvalue weighted by molar-refractivity contribution is 5.69. The Labute approximate surface area is 163 Å². The summed E-state index contributed by atoms with van der Waals surface area (Å²) >= 11 is 0. The summed E-state index contributed by atoms with van der Waals surface area (Å²) in [5, 5.41) is 15.3. The molecule has 2 rings (SSSR count). The molecule has 0 unspecified atom stereocenters. The molecule has 0 saturated carbocycles. The second kappa shape index (κ2) is 9.29. The number of nitro benzene ring substituents is 1. The number of nitrogens with zero attached hydrogens (tertiary/aromatic N) is 4. The van der Waals surface area contributed by atoms with Crippen LogP contribution >= 0.6 is 0 Å². The Morgan fingerprint density at radius 1 is 1.25 bits per heavy atom. The monoisotopic (exact) mass is 390 g/mol. The molecule has 1 heterocycles. The van der Waals surface area contributed by atoms with Crippen LogP contribution in [0.1, 0.15) is 52.3 Å². The van der Waals surface area contributed by atoms with E-state index >= 15 is 0 Å². The topological polar surface area (TPSA) is 109 Å². The number of aryl methyl sites for hydroxylation is 1. The highest BCUT2D eigenvalue weighted by Gasteiger charge is 2.16. The van der Waals surface area contributed by atoms with E-state index in [1.807, 2.05) is 20.8 Å². The van der Waals surface area contributed by atoms with Gasteiger partial charge in [-0.3, -0.25) is 14.9 Å². The molecule has 2 aromatic rings. The van der Waals surface area contributed by atoms with E-state index in [0.29, 0.717) is 43.1 Å². The molecule has 0 spiro atoms. The average Bonchev–Trinajstić information content (AvgIpc) is 3.02. The normalized spacial score (nSPS) is 11.3. The standard InChI is InChI=1S/C19H26N4O5/c1-14-20-13-22(21-14)16-10-9-15(23(25)26)12-17(16)27-11-7-5-6-8-18(24)28-19(2,3)4/h9-10,12-13H,5-8,11H2,1-4H3. The molecular formula is C19H26N4O5. The van der Waals surface area contributed by atoms with Gasteiger partial charge in [-0.2, -0.15) is 5.10 Å². The first-order chi connectivity index (χ1) is 13.2. The molecule has 0 N–H and O–H groups in total. The minimum Gasteiger partial charge on any atom is -0.491 e. The van der Waals surface area contributed by atoms with Crippen LogP contribution in [0.25, 0.3) is 5.69 Å². The fraction of sp³-hybridized carbons (Fsp3) is 0.526. The molecule has 28 heavy (non-hydrogen) atoms. The summed E-state index contributed by atoms with van der Waals surface area (Å²) < 4.78 is 12.6. The summed E-state index contributed by atoms with van der Waals surface area (Å²) in [6.07, 6.45) is 4.08. The van der Waals surface area contributed by atoms with Crippen LogP contribution in [-0.4, -0.2) is 37.9 Å². The van der Waals surface area contributed by atoms with Crippen molar-refractivity contribution in [2.24, 2.45) is 0 Å². The van der Waals surface area contributed by atoms with Gasteiger partial charge in [-0.1, -0.05) is 0 Å². The molecule has 1 aromatic carbocycles. The zero-order chi connectivity index (χ0) is 20.7. The molecular weight excluding hydrogens is 364 g/mol. The lowest BCUT2D eigenvalue weighted by molar-refractivity contribution is -0.384. The van der Waals surface area contributed by atoms with Gasteiger partial charge in [0.25, 0.3) is 5.69 Å². The SMILES string of the molecule is Cc1ncn(-c2ccc([N+](=O)[O-])cc2OCCCCCC(=O)OC(C)(C)C)n1. The summed E-state index contributed by atoms with van der Waals surface area (Å²) in [5.74, 6) is 0.744. The molecule has 152 valence electrons. The second-order valence-electron chi connectivity index (χ2n) is 7.39. The van der Waals surface area contributed by atoms with E-state index in [1.165, 1.54) is 23.1 Å². The van der Waals surface area contributed by atoms with E-state index < -0.39 is 10.5 Å². The van der Waals surface area contributed by atoms with Gasteiger partial charge in [0.2, 0.25) is 0 Å². The minimum absolute atomic E-state index is 0.0551. The second-order valence-corrected chi connectivity index (χ2v) is 7.39. The van der Waals surface area contributed by atoms with Crippen molar-refractivity contribution in [1.29, 1.82) is 0 Å². The van der Waals surface area contributed by atoms with Crippen molar-refractivity contribution in [3.05, 3.63) is 40.5 Å². The third-order valence-electron chi connectivity index (χ3n) is 3.71. The quantitative estimate of drug-likeness (QED) is 0.277. The number of carbonyl (C=O) groups is 1. The molecule has 0 amide bonds. The number of hydrogen-bond acceptors (Lipinski definition) is 7. The summed E-state index contributed by atoms with van der Waals surface area (Å²) in [6, 6.07) is 4.37. The molecule has 9 nitrogen and oxygen atoms in total. The van der Waals surface area contributed by atoms with Crippen LogP contribution < -0.4 is 4.74 Å². The Morgan fingerprint density at radius 3 is 2.61 bits per heavy atom. The summed E-state index contributed by atoms with van der Waals surface area (Å²) in [5.41, 5.74) is 0.0543. The van der Waals surface area contributed by atoms with Crippen LogP contribution in [0.3, 0.4) is 0 Å². The van der Waals surface area contributed by atoms with Crippen molar-refractivity contribution in [3.63, 3.8) is 0 Å². The van der Waals surface area contributed by atoms with E-state index in [-0.39, 0.29) is 11.7 Å². The predicted molar refractivity (Wildman–Crippen MR) is 103 cm³/mol. The number of aromatic nitrogens is 3. The van der Waals surface area contributed by atoms with Gasteiger partial charge in [0.1, 0.15) is 23.4 Å². The number of carbonyl (C=O) groups excluding carboxylic acids is 1. The van der Waals surface area contributed by atoms with Crippen LogP contribution in [0.2, 0.25) is 0 Å². The Morgan fingerprint density at radius 2 is 2.00 bits per heavy atom. The lowest BCUT2D eigenvalue weighted by Gasteiger charge is -2.19. The zero-order valence-electron chi connectivity index (χ0n) is 16.7. The predicted octanol–water partition coefficient (Wildman–Crippen LogP) is 3.76. The Balaban J connectivity index is 1.89. The summed E-state index contributed by atoms with van der Waals surface area (Å²) in [7, 11) is 0. The molecule has 0 bridgehead atoms. The zero-order valence-corrected chi connectivity index (χ0v) is 16.7. The molecule has 0 aliphatic heterocycles. The highest BCUT2D eigenvalue weighted by atomic mass is 16.6. The van der Waals surface area contributed by atoms with E-state index in [4.69, 9.17) is 9.47 Å². The van der Waals surface area contributed by atoms with Crippen LogP contribution in [0.4, 0.5) is 5.69 Å². The van der Waals surface area contributed by atoms with Gasteiger partial charge in [0.15, 0.2) is 5.75 Å². The van der Waals surface area contributed by atoms with Gasteiger partial charge in [-0.05, 0) is 53.0 Å². The van der Waals surface area contributed by atoms with Crippen molar-refractivity contribution in [3.8, 4) is 11.4 Å². The van der Waals surface area contributed by atoms with Crippen molar-refractivity contribution in [2.45, 2.75) is 59.0 Å². The number of nitro groups is 1. The lowest BCUT2D eigenvalue weighted by Crippen LogP contribution is -2.23. The fourth-order valence-corrected chi connectivity index (χ4v) is 2.51. The fourth-order valence-electron chi connectivity index (χ4n) is 2.51. The van der Waals surface area contributed by atoms with Crippen molar-refractivity contribution in [1.82, 2.24) is 14.8 Å². The van der Waals surface area contributed by atoms with Crippen molar-refractivity contribution in [2.75, 3.05) is 6.61 Å². The van der Waals surface area contributed by atoms with Gasteiger partial charge in [0.05, 0.1) is 17.6 Å². The molecule has 9 heteroatoms. The molecule has 0 fully saturated rings. The largest absolute Gasteiger partial charge is 0.491 e. The van der Waals surface area contributed by atoms with Crippen LogP contribution in [-0.2, 0) is 9.53 Å². The molecule has 0 aliphatic rings. The van der Waals surface area contributed by atoms with Crippen molar-refractivity contribution < 1.29 is 19.2 Å². The highest BCUT2D eigenvalue weighted by Crippen LogP contribution is 2.28. The lowest BCUT2D eigenvalue weighted by atomic mass is 10.1. The van der Waals surface area contributed by atoms with E-state index in [1.54, 1.807) is 13.0 Å². The summed E-state index contributed by atoms with van der Waals surface area (Å²) in [6.45, 7) is 7.65. The van der Waals surface area contributed by atoms with Gasteiger partial charge in [0, 0.05) is 12.5 Å². The number of benzene rings is 1. The molecule has 0 aliphatic carbocycles. The number of non-ortho nitro benzene ring substituents is 1. The Kier molecular flexibility index (Phi) is 7.08. The van der Waals surface area contributed by atoms with Crippen LogP contribution in [0, 0.1) is 17.0 Å². The molecule has 1 aromatic heterocycles. The maximum Gasteiger partial charge on any atom is 0.306 e. The Hall–Kier alpha value is -2.97. The number of unbranched alkanes of at least 4 members (excludes halogenated alkanes) is 2. The third-order valence-corrected chi connectivity index (χ3v) is 3.71. The number of rotatable bonds is 9. The van der Waals surface area contributed by atoms with Gasteiger partial charge in [-0.15, -0.1) is 0 Å². The average molecular weight is 390 g/mol. The number of esters is 1. The smallest absolute Gasteiger partial charge is 0.306 e. The van der Waals surface area contributed by atoms with Gasteiger partial charge >= 0.3 is 5.97 Å². The maximum absolute atomic E-state index is 11.7. The summed E-state index contributed by atoms with van der Waals surface area (Å²) in [4.78, 5) is 26.3. The minimum atomic E-state index is -0.474.